The second-order valence-corrected chi connectivity index (χ2v) is 17.7. The van der Waals surface area contributed by atoms with Gasteiger partial charge in [0, 0.05) is 27.0 Å². The highest BCUT2D eigenvalue weighted by Gasteiger charge is 2.25. The van der Waals surface area contributed by atoms with Gasteiger partial charge in [-0.25, -0.2) is 4.98 Å². The van der Waals surface area contributed by atoms with Gasteiger partial charge in [0.15, 0.2) is 0 Å². The van der Waals surface area contributed by atoms with E-state index in [0.29, 0.717) is 22.9 Å². The van der Waals surface area contributed by atoms with Crippen LogP contribution < -0.4 is 0 Å². The molecule has 4 heteroatoms. The number of aromatic hydroxyl groups is 1. The molecule has 0 fully saturated rings. The Morgan fingerprint density at radius 3 is 1.95 bits per heavy atom. The maximum absolute atomic E-state index is 12.3. The quantitative estimate of drug-likeness (QED) is 0.141. The first-order valence-corrected chi connectivity index (χ1v) is 22.1. The molecule has 0 unspecified atom stereocenters. The summed E-state index contributed by atoms with van der Waals surface area (Å²) in [5.74, 6) is 1.72. The van der Waals surface area contributed by atoms with Crippen molar-refractivity contribution in [2.75, 3.05) is 0 Å². The van der Waals surface area contributed by atoms with Crippen LogP contribution in [0, 0.1) is 12.8 Å². The van der Waals surface area contributed by atoms with E-state index in [1.165, 1.54) is 5.56 Å². The molecule has 0 aliphatic carbocycles. The Kier molecular flexibility index (Phi) is 10.4. The molecule has 9 rings (SSSR count). The summed E-state index contributed by atoms with van der Waals surface area (Å²) < 4.78 is 25.8. The van der Waals surface area contributed by atoms with Crippen LogP contribution in [-0.2, 0) is 6.42 Å². The predicted octanol–water partition coefficient (Wildman–Crippen LogP) is 15.9. The molecule has 4 nitrogen and oxygen atoms in total. The summed E-state index contributed by atoms with van der Waals surface area (Å²) >= 11 is 0. The third-order valence-corrected chi connectivity index (χ3v) is 12.0. The summed E-state index contributed by atoms with van der Waals surface area (Å²) in [4.78, 5) is 10.5. The maximum atomic E-state index is 12.3. The third-order valence-electron chi connectivity index (χ3n) is 12.0. The standard InChI is InChI=1S/C59H55N3O/c1-37(2)29-41-23-26-55(52(30-41)44-17-12-9-13-18-44)62-56-20-14-19-50(57(56)61-59(62)53-35-46(38(3)4)34-51(39(5)6)58(53)63)48-31-47(42-15-10-8-11-16-42)32-49(33-48)54-36-45(27-28-60-54)43-24-21-40(7)22-25-43/h8-28,30-39,63H,29H2,1-7H3/i7D3. The lowest BCUT2D eigenvalue weighted by Crippen LogP contribution is -2.04. The zero-order chi connectivity index (χ0) is 46.3. The molecule has 0 aliphatic rings. The van der Waals surface area contributed by atoms with Crippen molar-refractivity contribution in [2.45, 2.75) is 66.7 Å². The van der Waals surface area contributed by atoms with E-state index >= 15 is 0 Å². The van der Waals surface area contributed by atoms with Crippen LogP contribution in [0.2, 0.25) is 0 Å². The number of benzene rings is 7. The van der Waals surface area contributed by atoms with Gasteiger partial charge >= 0.3 is 0 Å². The van der Waals surface area contributed by atoms with Crippen molar-refractivity contribution in [3.8, 4) is 78.6 Å². The molecule has 0 spiro atoms. The van der Waals surface area contributed by atoms with Crippen LogP contribution in [-0.4, -0.2) is 19.6 Å². The number of phenols is 1. The van der Waals surface area contributed by atoms with Gasteiger partial charge in [0.05, 0.1) is 28.0 Å². The number of aromatic nitrogens is 3. The molecule has 63 heavy (non-hydrogen) atoms. The zero-order valence-corrected chi connectivity index (χ0v) is 36.9. The van der Waals surface area contributed by atoms with Crippen molar-refractivity contribution >= 4 is 11.0 Å². The number of hydrogen-bond acceptors (Lipinski definition) is 3. The average molecular weight is 825 g/mol. The first-order valence-electron chi connectivity index (χ1n) is 23.6. The van der Waals surface area contributed by atoms with Crippen molar-refractivity contribution in [3.05, 3.63) is 192 Å². The van der Waals surface area contributed by atoms with Crippen molar-refractivity contribution < 1.29 is 9.22 Å². The van der Waals surface area contributed by atoms with Crippen LogP contribution in [0.25, 0.3) is 83.9 Å². The fourth-order valence-corrected chi connectivity index (χ4v) is 8.77. The lowest BCUT2D eigenvalue weighted by molar-refractivity contribution is 0.466. The highest BCUT2D eigenvalue weighted by atomic mass is 16.3. The van der Waals surface area contributed by atoms with E-state index in [4.69, 9.17) is 14.1 Å². The van der Waals surface area contributed by atoms with Crippen molar-refractivity contribution in [3.63, 3.8) is 0 Å². The zero-order valence-electron chi connectivity index (χ0n) is 39.9. The van der Waals surface area contributed by atoms with Crippen LogP contribution in [0.15, 0.2) is 170 Å². The molecule has 0 radical (unpaired) electrons. The van der Waals surface area contributed by atoms with E-state index < -0.39 is 6.85 Å². The van der Waals surface area contributed by atoms with Gasteiger partial charge in [-0.1, -0.05) is 156 Å². The van der Waals surface area contributed by atoms with Gasteiger partial charge in [0.2, 0.25) is 0 Å². The number of rotatable bonds is 11. The Morgan fingerprint density at radius 1 is 0.556 bits per heavy atom. The van der Waals surface area contributed by atoms with Gasteiger partial charge in [-0.2, -0.15) is 0 Å². The summed E-state index contributed by atoms with van der Waals surface area (Å²) in [5, 5.41) is 12.3. The van der Waals surface area contributed by atoms with Crippen molar-refractivity contribution in [1.29, 1.82) is 0 Å². The molecule has 7 aromatic carbocycles. The van der Waals surface area contributed by atoms with Gasteiger partial charge in [0.1, 0.15) is 11.6 Å². The summed E-state index contributed by atoms with van der Waals surface area (Å²) in [6, 6.07) is 56.1. The Balaban J connectivity index is 1.31. The molecular formula is C59H55N3O. The van der Waals surface area contributed by atoms with E-state index in [0.717, 1.165) is 90.0 Å². The number of pyridine rings is 1. The summed E-state index contributed by atoms with van der Waals surface area (Å²) in [5.41, 5.74) is 16.8. The highest BCUT2D eigenvalue weighted by Crippen LogP contribution is 2.44. The lowest BCUT2D eigenvalue weighted by Gasteiger charge is -2.20. The topological polar surface area (TPSA) is 50.9 Å². The molecule has 312 valence electrons. The summed E-state index contributed by atoms with van der Waals surface area (Å²) in [6.45, 7) is 11.0. The van der Waals surface area contributed by atoms with Gasteiger partial charge < -0.3 is 5.11 Å². The Hall–Kier alpha value is -7.04. The molecule has 0 saturated carbocycles. The minimum absolute atomic E-state index is 0.0887. The van der Waals surface area contributed by atoms with E-state index in [1.807, 2.05) is 30.5 Å². The van der Waals surface area contributed by atoms with Gasteiger partial charge in [-0.3, -0.25) is 9.55 Å². The number of nitrogens with zero attached hydrogens (tertiary/aromatic N) is 3. The highest BCUT2D eigenvalue weighted by molar-refractivity contribution is 5.98. The number of aryl methyl sites for hydroxylation is 1. The Bertz CT molecular complexity index is 3190. The van der Waals surface area contributed by atoms with E-state index in [2.05, 4.69) is 174 Å². The number of para-hydroxylation sites is 1. The molecule has 0 aliphatic heterocycles. The summed E-state index contributed by atoms with van der Waals surface area (Å²) in [7, 11) is 0. The normalized spacial score (nSPS) is 12.6. The molecule has 2 heterocycles. The molecular weight excluding hydrogens is 767 g/mol. The van der Waals surface area contributed by atoms with E-state index in [1.54, 1.807) is 12.1 Å². The monoisotopic (exact) mass is 824 g/mol. The lowest BCUT2D eigenvalue weighted by atomic mass is 9.91. The van der Waals surface area contributed by atoms with Gasteiger partial charge in [-0.05, 0) is 136 Å². The molecule has 9 aromatic rings. The number of hydrogen-bond donors (Lipinski definition) is 1. The fourth-order valence-electron chi connectivity index (χ4n) is 8.77. The molecule has 0 atom stereocenters. The number of fused-ring (bicyclic) bond motifs is 1. The van der Waals surface area contributed by atoms with Crippen LogP contribution in [0.1, 0.15) is 79.7 Å². The van der Waals surface area contributed by atoms with Crippen molar-refractivity contribution in [1.82, 2.24) is 14.5 Å². The van der Waals surface area contributed by atoms with Crippen LogP contribution >= 0.6 is 0 Å². The Morgan fingerprint density at radius 2 is 1.25 bits per heavy atom. The minimum Gasteiger partial charge on any atom is -0.507 e. The van der Waals surface area contributed by atoms with Crippen LogP contribution in [0.4, 0.5) is 0 Å². The largest absolute Gasteiger partial charge is 0.507 e. The molecule has 0 saturated heterocycles. The Labute approximate surface area is 376 Å². The molecule has 0 bridgehead atoms. The molecule has 1 N–H and O–H groups in total. The van der Waals surface area contributed by atoms with E-state index in [9.17, 15) is 5.11 Å². The number of imidazole rings is 1. The number of phenolic OH excluding ortho intramolecular Hbond substituents is 1. The van der Waals surface area contributed by atoms with Crippen LogP contribution in [0.5, 0.6) is 5.75 Å². The fraction of sp³-hybridized carbons (Fsp3) is 0.186. The van der Waals surface area contributed by atoms with E-state index in [-0.39, 0.29) is 17.6 Å². The smallest absolute Gasteiger partial charge is 0.149 e. The van der Waals surface area contributed by atoms with Crippen molar-refractivity contribution in [2.24, 2.45) is 5.92 Å². The first-order chi connectivity index (χ1) is 31.7. The average Bonchev–Trinajstić information content (AvgIpc) is 3.71. The minimum atomic E-state index is -2.17. The summed E-state index contributed by atoms with van der Waals surface area (Å²) in [6.07, 6.45) is 2.76. The first kappa shape index (κ1) is 37.7. The predicted molar refractivity (Wildman–Crippen MR) is 265 cm³/mol. The SMILES string of the molecule is [2H]C([2H])([2H])c1ccc(-c2ccnc(-c3cc(-c4ccccc4)cc(-c4cccc5c4nc(-c4cc(C(C)C)cc(C(C)C)c4O)n5-c4ccc(CC(C)C)cc4-c4ccccc4)c3)c2)cc1. The third kappa shape index (κ3) is 8.34. The van der Waals surface area contributed by atoms with Gasteiger partial charge in [-0.15, -0.1) is 0 Å². The maximum Gasteiger partial charge on any atom is 0.149 e. The molecule has 2 aromatic heterocycles. The molecule has 0 amide bonds. The van der Waals surface area contributed by atoms with Gasteiger partial charge in [0.25, 0.3) is 0 Å². The second-order valence-electron chi connectivity index (χ2n) is 17.7. The van der Waals surface area contributed by atoms with Crippen LogP contribution in [0.3, 0.4) is 0 Å². The second kappa shape index (κ2) is 17.4.